The Morgan fingerprint density at radius 2 is 2.12 bits per heavy atom. The molecule has 0 fully saturated rings. The molecule has 2 aliphatic rings. The third-order valence-electron chi connectivity index (χ3n) is 3.24. The Kier molecular flexibility index (Phi) is 2.45. The Balaban J connectivity index is 2.21. The Morgan fingerprint density at radius 1 is 1.31 bits per heavy atom. The Morgan fingerprint density at radius 3 is 3.00 bits per heavy atom. The summed E-state index contributed by atoms with van der Waals surface area (Å²) in [6.45, 7) is 1.17. The maximum atomic E-state index is 6.25. The molecule has 1 aliphatic carbocycles. The summed E-state index contributed by atoms with van der Waals surface area (Å²) in [5.74, 6) is 1.56. The minimum absolute atomic E-state index is 0.0258. The van der Waals surface area contributed by atoms with Crippen molar-refractivity contribution in [2.45, 2.75) is 25.3 Å². The molecule has 0 saturated carbocycles. The minimum Gasteiger partial charge on any atom is -0.486 e. The third-order valence-corrected chi connectivity index (χ3v) is 3.58. The van der Waals surface area contributed by atoms with Crippen LogP contribution in [0.1, 0.15) is 30.0 Å². The van der Waals surface area contributed by atoms with Crippen LogP contribution in [0.15, 0.2) is 6.07 Å². The number of ether oxygens (including phenoxy) is 2. The molecule has 1 heterocycles. The van der Waals surface area contributed by atoms with Gasteiger partial charge in [-0.2, -0.15) is 0 Å². The van der Waals surface area contributed by atoms with Crippen LogP contribution < -0.4 is 15.2 Å². The van der Waals surface area contributed by atoms with E-state index in [1.165, 1.54) is 0 Å². The zero-order valence-corrected chi connectivity index (χ0v) is 9.72. The number of rotatable bonds is 0. The quantitative estimate of drug-likeness (QED) is 0.756. The summed E-state index contributed by atoms with van der Waals surface area (Å²) < 4.78 is 11.2. The number of hydrogen-bond acceptors (Lipinski definition) is 3. The van der Waals surface area contributed by atoms with Gasteiger partial charge in [0.05, 0.1) is 0 Å². The Labute approximate surface area is 99.5 Å². The first-order valence-corrected chi connectivity index (χ1v) is 6.01. The molecular weight excluding hydrogens is 226 g/mol. The summed E-state index contributed by atoms with van der Waals surface area (Å²) in [6.07, 6.45) is 3.06. The van der Waals surface area contributed by atoms with E-state index in [0.717, 1.165) is 46.9 Å². The van der Waals surface area contributed by atoms with Gasteiger partial charge >= 0.3 is 0 Å². The van der Waals surface area contributed by atoms with E-state index < -0.39 is 0 Å². The molecular formula is C12H14ClNO2. The van der Waals surface area contributed by atoms with Crippen LogP contribution in [0.2, 0.25) is 5.02 Å². The van der Waals surface area contributed by atoms with Crippen LogP contribution in [0.25, 0.3) is 0 Å². The van der Waals surface area contributed by atoms with Gasteiger partial charge in [0.25, 0.3) is 0 Å². The average Bonchev–Trinajstić information content (AvgIpc) is 2.30. The maximum Gasteiger partial charge on any atom is 0.166 e. The molecule has 3 rings (SSSR count). The predicted octanol–water partition coefficient (Wildman–Crippen LogP) is 2.45. The third kappa shape index (κ3) is 1.46. The summed E-state index contributed by atoms with van der Waals surface area (Å²) in [5.41, 5.74) is 8.35. The van der Waals surface area contributed by atoms with Gasteiger partial charge in [0, 0.05) is 22.7 Å². The summed E-state index contributed by atoms with van der Waals surface area (Å²) in [5, 5.41) is 0.759. The minimum atomic E-state index is 0.0258. The molecule has 3 nitrogen and oxygen atoms in total. The second kappa shape index (κ2) is 3.82. The van der Waals surface area contributed by atoms with Crippen LogP contribution in [0.4, 0.5) is 0 Å². The van der Waals surface area contributed by atoms with Crippen molar-refractivity contribution in [3.63, 3.8) is 0 Å². The monoisotopic (exact) mass is 239 g/mol. The van der Waals surface area contributed by atoms with Crippen molar-refractivity contribution in [1.29, 1.82) is 0 Å². The molecule has 1 unspecified atom stereocenters. The highest BCUT2D eigenvalue weighted by molar-refractivity contribution is 6.31. The highest BCUT2D eigenvalue weighted by Crippen LogP contribution is 2.45. The topological polar surface area (TPSA) is 44.5 Å². The Bertz CT molecular complexity index is 434. The van der Waals surface area contributed by atoms with Gasteiger partial charge in [0.15, 0.2) is 11.5 Å². The standard InChI is InChI=1S/C12H14ClNO2/c13-8-6-10-12(16-5-4-15-10)11-7(8)2-1-3-9(11)14/h6,9H,1-5,14H2. The lowest BCUT2D eigenvalue weighted by molar-refractivity contribution is 0.168. The van der Waals surface area contributed by atoms with Crippen molar-refractivity contribution in [2.75, 3.05) is 13.2 Å². The first-order chi connectivity index (χ1) is 7.77. The maximum absolute atomic E-state index is 6.25. The molecule has 86 valence electrons. The highest BCUT2D eigenvalue weighted by Gasteiger charge is 2.28. The smallest absolute Gasteiger partial charge is 0.166 e. The lowest BCUT2D eigenvalue weighted by Crippen LogP contribution is -2.23. The van der Waals surface area contributed by atoms with Gasteiger partial charge in [0.2, 0.25) is 0 Å². The molecule has 0 saturated heterocycles. The highest BCUT2D eigenvalue weighted by atomic mass is 35.5. The van der Waals surface area contributed by atoms with E-state index in [-0.39, 0.29) is 6.04 Å². The van der Waals surface area contributed by atoms with Crippen LogP contribution in [0, 0.1) is 0 Å². The van der Waals surface area contributed by atoms with Gasteiger partial charge in [0.1, 0.15) is 13.2 Å². The Hall–Kier alpha value is -0.930. The second-order valence-corrected chi connectivity index (χ2v) is 4.68. The molecule has 0 spiro atoms. The molecule has 4 heteroatoms. The van der Waals surface area contributed by atoms with E-state index in [1.54, 1.807) is 0 Å². The molecule has 0 aromatic heterocycles. The number of benzene rings is 1. The largest absolute Gasteiger partial charge is 0.486 e. The van der Waals surface area contributed by atoms with Crippen LogP contribution in [-0.2, 0) is 6.42 Å². The van der Waals surface area contributed by atoms with Crippen LogP contribution >= 0.6 is 11.6 Å². The van der Waals surface area contributed by atoms with E-state index in [4.69, 9.17) is 26.8 Å². The van der Waals surface area contributed by atoms with Crippen molar-refractivity contribution < 1.29 is 9.47 Å². The van der Waals surface area contributed by atoms with Gasteiger partial charge in [-0.1, -0.05) is 11.6 Å². The van der Waals surface area contributed by atoms with Gasteiger partial charge in [-0.05, 0) is 24.8 Å². The van der Waals surface area contributed by atoms with E-state index in [2.05, 4.69) is 0 Å². The normalized spacial score (nSPS) is 22.8. The number of nitrogens with two attached hydrogens (primary N) is 1. The van der Waals surface area contributed by atoms with E-state index in [9.17, 15) is 0 Å². The van der Waals surface area contributed by atoms with Crippen molar-refractivity contribution >= 4 is 11.6 Å². The van der Waals surface area contributed by atoms with Gasteiger partial charge < -0.3 is 15.2 Å². The number of hydrogen-bond donors (Lipinski definition) is 1. The molecule has 16 heavy (non-hydrogen) atoms. The van der Waals surface area contributed by atoms with Crippen molar-refractivity contribution in [1.82, 2.24) is 0 Å². The molecule has 2 N–H and O–H groups in total. The van der Waals surface area contributed by atoms with Crippen molar-refractivity contribution in [2.24, 2.45) is 5.73 Å². The number of halogens is 1. The second-order valence-electron chi connectivity index (χ2n) is 4.27. The van der Waals surface area contributed by atoms with Crippen LogP contribution in [0.3, 0.4) is 0 Å². The first kappa shape index (κ1) is 10.2. The zero-order valence-electron chi connectivity index (χ0n) is 8.96. The fourth-order valence-corrected chi connectivity index (χ4v) is 2.80. The molecule has 1 atom stereocenters. The fourth-order valence-electron chi connectivity index (χ4n) is 2.51. The molecule has 0 amide bonds. The van der Waals surface area contributed by atoms with Crippen molar-refractivity contribution in [3.05, 3.63) is 22.2 Å². The molecule has 1 aliphatic heterocycles. The lowest BCUT2D eigenvalue weighted by Gasteiger charge is -2.29. The van der Waals surface area contributed by atoms with Crippen LogP contribution in [0.5, 0.6) is 11.5 Å². The predicted molar refractivity (Wildman–Crippen MR) is 62.3 cm³/mol. The summed E-state index contributed by atoms with van der Waals surface area (Å²) in [4.78, 5) is 0. The summed E-state index contributed by atoms with van der Waals surface area (Å²) >= 11 is 6.25. The molecule has 0 bridgehead atoms. The van der Waals surface area contributed by atoms with E-state index in [1.807, 2.05) is 6.07 Å². The number of fused-ring (bicyclic) bond motifs is 3. The van der Waals surface area contributed by atoms with Gasteiger partial charge in [-0.25, -0.2) is 0 Å². The van der Waals surface area contributed by atoms with Gasteiger partial charge in [-0.15, -0.1) is 0 Å². The van der Waals surface area contributed by atoms with E-state index >= 15 is 0 Å². The molecule has 0 radical (unpaired) electrons. The van der Waals surface area contributed by atoms with Gasteiger partial charge in [-0.3, -0.25) is 0 Å². The first-order valence-electron chi connectivity index (χ1n) is 5.64. The SMILES string of the molecule is NC1CCCc2c(Cl)cc3c(c21)OCCO3. The van der Waals surface area contributed by atoms with Crippen molar-refractivity contribution in [3.8, 4) is 11.5 Å². The lowest BCUT2D eigenvalue weighted by atomic mass is 9.87. The average molecular weight is 240 g/mol. The molecule has 1 aromatic rings. The summed E-state index contributed by atoms with van der Waals surface area (Å²) in [7, 11) is 0. The van der Waals surface area contributed by atoms with E-state index in [0.29, 0.717) is 13.2 Å². The fraction of sp³-hybridized carbons (Fsp3) is 0.500. The molecule has 1 aromatic carbocycles. The van der Waals surface area contributed by atoms with Crippen LogP contribution in [-0.4, -0.2) is 13.2 Å². The summed E-state index contributed by atoms with van der Waals surface area (Å²) in [6, 6.07) is 1.88. The zero-order chi connectivity index (χ0) is 11.1.